The lowest BCUT2D eigenvalue weighted by atomic mass is 10.2. The fraction of sp³-hybridized carbons (Fsp3) is 0.643. The Balaban J connectivity index is 1.69. The fourth-order valence-corrected chi connectivity index (χ4v) is 2.13. The van der Waals surface area contributed by atoms with E-state index in [1.807, 2.05) is 19.2 Å². The molecule has 18 heavy (non-hydrogen) atoms. The van der Waals surface area contributed by atoms with Crippen molar-refractivity contribution in [3.8, 4) is 5.75 Å². The summed E-state index contributed by atoms with van der Waals surface area (Å²) in [6.07, 6.45) is 5.71. The van der Waals surface area contributed by atoms with Crippen molar-refractivity contribution in [3.05, 3.63) is 23.5 Å². The second kappa shape index (κ2) is 5.24. The molecule has 2 heterocycles. The van der Waals surface area contributed by atoms with Gasteiger partial charge in [0.1, 0.15) is 11.9 Å². The van der Waals surface area contributed by atoms with Crippen LogP contribution in [-0.4, -0.2) is 30.3 Å². The minimum atomic E-state index is 0.200. The monoisotopic (exact) mass is 248 g/mol. The molecule has 3 rings (SSSR count). The number of nitrogens with zero attached hydrogens (tertiary/aromatic N) is 1. The van der Waals surface area contributed by atoms with Crippen LogP contribution in [0.4, 0.5) is 0 Å². The number of rotatable bonds is 5. The van der Waals surface area contributed by atoms with Gasteiger partial charge in [0, 0.05) is 42.5 Å². The summed E-state index contributed by atoms with van der Waals surface area (Å²) >= 11 is 0. The smallest absolute Gasteiger partial charge is 0.127 e. The molecule has 2 fully saturated rings. The molecule has 0 radical (unpaired) electrons. The number of aromatic nitrogens is 1. The van der Waals surface area contributed by atoms with Gasteiger partial charge < -0.3 is 14.8 Å². The molecule has 0 amide bonds. The van der Waals surface area contributed by atoms with E-state index in [0.29, 0.717) is 12.6 Å². The molecule has 0 bridgehead atoms. The van der Waals surface area contributed by atoms with Crippen LogP contribution in [0.3, 0.4) is 0 Å². The topological polar surface area (TPSA) is 43.4 Å². The van der Waals surface area contributed by atoms with Crippen LogP contribution >= 0.6 is 0 Å². The van der Waals surface area contributed by atoms with E-state index in [-0.39, 0.29) is 6.10 Å². The first kappa shape index (κ1) is 11.9. The predicted molar refractivity (Wildman–Crippen MR) is 68.7 cm³/mol. The van der Waals surface area contributed by atoms with Gasteiger partial charge in [-0.15, -0.1) is 0 Å². The van der Waals surface area contributed by atoms with Gasteiger partial charge in [0.15, 0.2) is 0 Å². The minimum Gasteiger partial charge on any atom is -0.487 e. The molecular formula is C14H20N2O2. The van der Waals surface area contributed by atoms with Gasteiger partial charge in [0.05, 0.1) is 13.2 Å². The first-order chi connectivity index (χ1) is 8.81. The average Bonchev–Trinajstić information content (AvgIpc) is 3.05. The molecule has 98 valence electrons. The maximum atomic E-state index is 6.03. The van der Waals surface area contributed by atoms with E-state index in [1.165, 1.54) is 12.8 Å². The van der Waals surface area contributed by atoms with Crippen LogP contribution in [0.2, 0.25) is 0 Å². The zero-order chi connectivity index (χ0) is 12.4. The summed E-state index contributed by atoms with van der Waals surface area (Å²) in [6.45, 7) is 4.36. The number of ether oxygens (including phenoxy) is 2. The fourth-order valence-electron chi connectivity index (χ4n) is 2.13. The van der Waals surface area contributed by atoms with Crippen molar-refractivity contribution in [1.82, 2.24) is 10.3 Å². The second-order valence-corrected chi connectivity index (χ2v) is 5.19. The average molecular weight is 248 g/mol. The van der Waals surface area contributed by atoms with E-state index in [0.717, 1.165) is 36.6 Å². The lowest BCUT2D eigenvalue weighted by Crippen LogP contribution is -2.20. The van der Waals surface area contributed by atoms with Crippen LogP contribution < -0.4 is 10.1 Å². The SMILES string of the molecule is Cc1cc(OC2CCOC2)c(CNC2CC2)cn1. The lowest BCUT2D eigenvalue weighted by Gasteiger charge is -2.16. The van der Waals surface area contributed by atoms with Crippen LogP contribution in [0.25, 0.3) is 0 Å². The maximum absolute atomic E-state index is 6.03. The second-order valence-electron chi connectivity index (χ2n) is 5.19. The van der Waals surface area contributed by atoms with E-state index >= 15 is 0 Å². The molecule has 1 aliphatic carbocycles. The van der Waals surface area contributed by atoms with Crippen molar-refractivity contribution in [2.45, 2.75) is 44.9 Å². The molecule has 2 aliphatic rings. The summed E-state index contributed by atoms with van der Waals surface area (Å²) in [7, 11) is 0. The van der Waals surface area contributed by atoms with Gasteiger partial charge in [-0.2, -0.15) is 0 Å². The zero-order valence-corrected chi connectivity index (χ0v) is 10.8. The molecule has 4 nitrogen and oxygen atoms in total. The molecule has 1 saturated carbocycles. The van der Waals surface area contributed by atoms with E-state index < -0.39 is 0 Å². The van der Waals surface area contributed by atoms with Crippen LogP contribution in [0, 0.1) is 6.92 Å². The van der Waals surface area contributed by atoms with Crippen molar-refractivity contribution in [3.63, 3.8) is 0 Å². The van der Waals surface area contributed by atoms with E-state index in [2.05, 4.69) is 10.3 Å². The van der Waals surface area contributed by atoms with Gasteiger partial charge >= 0.3 is 0 Å². The van der Waals surface area contributed by atoms with Crippen LogP contribution in [0.1, 0.15) is 30.5 Å². The van der Waals surface area contributed by atoms with Crippen molar-refractivity contribution in [2.75, 3.05) is 13.2 Å². The number of hydrogen-bond acceptors (Lipinski definition) is 4. The predicted octanol–water partition coefficient (Wildman–Crippen LogP) is 1.81. The Hall–Kier alpha value is -1.13. The normalized spacial score (nSPS) is 23.3. The van der Waals surface area contributed by atoms with Crippen molar-refractivity contribution in [1.29, 1.82) is 0 Å². The molecule has 0 aromatic carbocycles. The molecule has 1 N–H and O–H groups in total. The summed E-state index contributed by atoms with van der Waals surface area (Å²) < 4.78 is 11.4. The standard InChI is InChI=1S/C14H20N2O2/c1-10-6-14(18-13-4-5-17-9-13)11(7-15-10)8-16-12-2-3-12/h6-7,12-13,16H,2-5,8-9H2,1H3. The van der Waals surface area contributed by atoms with Gasteiger partial charge in [-0.05, 0) is 19.8 Å². The zero-order valence-electron chi connectivity index (χ0n) is 10.8. The van der Waals surface area contributed by atoms with Crippen LogP contribution in [0.5, 0.6) is 5.75 Å². The number of aryl methyl sites for hydroxylation is 1. The lowest BCUT2D eigenvalue weighted by molar-refractivity contribution is 0.140. The Labute approximate surface area is 108 Å². The summed E-state index contributed by atoms with van der Waals surface area (Å²) in [5.41, 5.74) is 2.15. The molecule has 1 saturated heterocycles. The molecule has 4 heteroatoms. The molecule has 1 aromatic rings. The highest BCUT2D eigenvalue weighted by Crippen LogP contribution is 2.24. The van der Waals surface area contributed by atoms with Crippen molar-refractivity contribution in [2.24, 2.45) is 0 Å². The molecule has 1 unspecified atom stereocenters. The number of nitrogens with one attached hydrogen (secondary N) is 1. The first-order valence-corrected chi connectivity index (χ1v) is 6.74. The van der Waals surface area contributed by atoms with E-state index in [4.69, 9.17) is 9.47 Å². The first-order valence-electron chi connectivity index (χ1n) is 6.74. The van der Waals surface area contributed by atoms with Gasteiger partial charge in [0.25, 0.3) is 0 Å². The molecule has 0 spiro atoms. The Morgan fingerprint density at radius 3 is 3.06 bits per heavy atom. The van der Waals surface area contributed by atoms with Gasteiger partial charge in [-0.25, -0.2) is 0 Å². The third-order valence-electron chi connectivity index (χ3n) is 3.42. The summed E-state index contributed by atoms with van der Waals surface area (Å²) in [5, 5.41) is 3.51. The largest absolute Gasteiger partial charge is 0.487 e. The Bertz CT molecular complexity index is 412. The van der Waals surface area contributed by atoms with Gasteiger partial charge in [-0.3, -0.25) is 4.98 Å². The van der Waals surface area contributed by atoms with E-state index in [9.17, 15) is 0 Å². The maximum Gasteiger partial charge on any atom is 0.127 e. The Morgan fingerprint density at radius 1 is 1.44 bits per heavy atom. The van der Waals surface area contributed by atoms with Crippen LogP contribution in [0.15, 0.2) is 12.3 Å². The van der Waals surface area contributed by atoms with Gasteiger partial charge in [0.2, 0.25) is 0 Å². The summed E-state index contributed by atoms with van der Waals surface area (Å²) in [5.74, 6) is 0.964. The highest BCUT2D eigenvalue weighted by atomic mass is 16.5. The molecule has 1 atom stereocenters. The highest BCUT2D eigenvalue weighted by molar-refractivity contribution is 5.33. The molecule has 1 aromatic heterocycles. The van der Waals surface area contributed by atoms with Crippen molar-refractivity contribution < 1.29 is 9.47 Å². The third-order valence-corrected chi connectivity index (χ3v) is 3.42. The summed E-state index contributed by atoms with van der Waals surface area (Å²) in [4.78, 5) is 4.36. The molecule has 1 aliphatic heterocycles. The molecular weight excluding hydrogens is 228 g/mol. The Morgan fingerprint density at radius 2 is 2.33 bits per heavy atom. The van der Waals surface area contributed by atoms with Gasteiger partial charge in [-0.1, -0.05) is 0 Å². The summed E-state index contributed by atoms with van der Waals surface area (Å²) in [6, 6.07) is 2.73. The minimum absolute atomic E-state index is 0.200. The third kappa shape index (κ3) is 3.00. The number of pyridine rings is 1. The van der Waals surface area contributed by atoms with Crippen molar-refractivity contribution >= 4 is 0 Å². The van der Waals surface area contributed by atoms with E-state index in [1.54, 1.807) is 0 Å². The highest BCUT2D eigenvalue weighted by Gasteiger charge is 2.22. The van der Waals surface area contributed by atoms with Crippen LogP contribution in [-0.2, 0) is 11.3 Å². The number of hydrogen-bond donors (Lipinski definition) is 1. The quantitative estimate of drug-likeness (QED) is 0.863. The Kier molecular flexibility index (Phi) is 3.48.